The third kappa shape index (κ3) is 3.54. The lowest BCUT2D eigenvalue weighted by molar-refractivity contribution is 0.598. The third-order valence-electron chi connectivity index (χ3n) is 3.92. The average molecular weight is 338 g/mol. The van der Waals surface area contributed by atoms with Gasteiger partial charge in [0, 0.05) is 0 Å². The monoisotopic (exact) mass is 338 g/mol. The molecule has 0 heterocycles. The van der Waals surface area contributed by atoms with Crippen molar-refractivity contribution in [3.8, 4) is 11.1 Å². The van der Waals surface area contributed by atoms with Gasteiger partial charge in [-0.05, 0) is 34.4 Å². The summed E-state index contributed by atoms with van der Waals surface area (Å²) in [7, 11) is -3.71. The van der Waals surface area contributed by atoms with Crippen LogP contribution in [0.2, 0.25) is 0 Å². The number of nitrogens with two attached hydrogens (primary N) is 2. The summed E-state index contributed by atoms with van der Waals surface area (Å²) in [5, 5.41) is 5.19. The summed E-state index contributed by atoms with van der Waals surface area (Å²) < 4.78 is 23.0. The molecule has 4 N–H and O–H groups in total. The van der Waals surface area contributed by atoms with Crippen molar-refractivity contribution in [2.24, 2.45) is 10.9 Å². The summed E-state index contributed by atoms with van der Waals surface area (Å²) in [6, 6.07) is 24.0. The van der Waals surface area contributed by atoms with E-state index in [0.717, 1.165) is 22.3 Å². The molecule has 122 valence electrons. The van der Waals surface area contributed by atoms with E-state index < -0.39 is 10.0 Å². The van der Waals surface area contributed by atoms with Crippen molar-refractivity contribution in [1.29, 1.82) is 0 Å². The second-order valence-corrected chi connectivity index (χ2v) is 7.14. The van der Waals surface area contributed by atoms with Gasteiger partial charge in [0.15, 0.2) is 0 Å². The van der Waals surface area contributed by atoms with E-state index in [4.69, 9.17) is 10.9 Å². The lowest BCUT2D eigenvalue weighted by Gasteiger charge is -2.13. The van der Waals surface area contributed by atoms with Crippen molar-refractivity contribution >= 4 is 10.0 Å². The molecule has 5 heteroatoms. The van der Waals surface area contributed by atoms with Crippen LogP contribution in [0.25, 0.3) is 11.1 Å². The molecule has 0 saturated carbocycles. The standard InChI is InChI=1S/C19H18N2O2S/c20-19(15-5-2-1-3-6-15)16-11-9-14(10-12-16)17-7-4-8-18(13-17)24(21,22)23/h1-13,19H,20H2,(H2,21,22,23)/t19-/m0/s1. The van der Waals surface area contributed by atoms with E-state index in [-0.39, 0.29) is 10.9 Å². The SMILES string of the molecule is N[C@@H](c1ccccc1)c1ccc(-c2cccc(S(N)(=O)=O)c2)cc1. The van der Waals surface area contributed by atoms with Crippen LogP contribution in [0.15, 0.2) is 83.8 Å². The first-order chi connectivity index (χ1) is 11.4. The number of primary sulfonamides is 1. The van der Waals surface area contributed by atoms with Gasteiger partial charge >= 0.3 is 0 Å². The summed E-state index contributed by atoms with van der Waals surface area (Å²) in [5.74, 6) is 0. The van der Waals surface area contributed by atoms with E-state index in [0.29, 0.717) is 0 Å². The second kappa shape index (κ2) is 6.57. The van der Waals surface area contributed by atoms with Crippen LogP contribution in [0.3, 0.4) is 0 Å². The van der Waals surface area contributed by atoms with Gasteiger partial charge in [-0.3, -0.25) is 0 Å². The Morgan fingerprint density at radius 1 is 0.708 bits per heavy atom. The first-order valence-electron chi connectivity index (χ1n) is 7.49. The normalized spacial score (nSPS) is 12.8. The lowest BCUT2D eigenvalue weighted by atomic mass is 9.97. The summed E-state index contributed by atoms with van der Waals surface area (Å²) in [5.41, 5.74) is 10.0. The molecule has 0 aliphatic carbocycles. The van der Waals surface area contributed by atoms with Crippen LogP contribution >= 0.6 is 0 Å². The van der Waals surface area contributed by atoms with E-state index in [2.05, 4.69) is 0 Å². The van der Waals surface area contributed by atoms with Crippen LogP contribution in [0.4, 0.5) is 0 Å². The molecular weight excluding hydrogens is 320 g/mol. The van der Waals surface area contributed by atoms with Gasteiger partial charge < -0.3 is 5.73 Å². The third-order valence-corrected chi connectivity index (χ3v) is 4.84. The zero-order valence-electron chi connectivity index (χ0n) is 13.0. The first kappa shape index (κ1) is 16.4. The van der Waals surface area contributed by atoms with Gasteiger partial charge in [-0.2, -0.15) is 0 Å². The Morgan fingerprint density at radius 3 is 1.96 bits per heavy atom. The molecule has 0 aliphatic rings. The van der Waals surface area contributed by atoms with Gasteiger partial charge in [0.2, 0.25) is 10.0 Å². The number of sulfonamides is 1. The van der Waals surface area contributed by atoms with Crippen LogP contribution in [0, 0.1) is 0 Å². The molecule has 4 nitrogen and oxygen atoms in total. The maximum Gasteiger partial charge on any atom is 0.238 e. The minimum absolute atomic E-state index is 0.102. The molecule has 0 aromatic heterocycles. The molecule has 0 aliphatic heterocycles. The highest BCUT2D eigenvalue weighted by Crippen LogP contribution is 2.25. The van der Waals surface area contributed by atoms with Crippen molar-refractivity contribution in [1.82, 2.24) is 0 Å². The minimum atomic E-state index is -3.71. The highest BCUT2D eigenvalue weighted by Gasteiger charge is 2.11. The van der Waals surface area contributed by atoms with Gasteiger partial charge in [0.25, 0.3) is 0 Å². The fourth-order valence-corrected chi connectivity index (χ4v) is 3.15. The lowest BCUT2D eigenvalue weighted by Crippen LogP contribution is -2.12. The fourth-order valence-electron chi connectivity index (χ4n) is 2.59. The summed E-state index contributed by atoms with van der Waals surface area (Å²) >= 11 is 0. The van der Waals surface area contributed by atoms with E-state index in [9.17, 15) is 8.42 Å². The quantitative estimate of drug-likeness (QED) is 0.766. The molecule has 0 bridgehead atoms. The van der Waals surface area contributed by atoms with Crippen molar-refractivity contribution < 1.29 is 8.42 Å². The molecule has 24 heavy (non-hydrogen) atoms. The second-order valence-electron chi connectivity index (χ2n) is 5.58. The molecule has 3 aromatic carbocycles. The maximum absolute atomic E-state index is 11.5. The summed E-state index contributed by atoms with van der Waals surface area (Å²) in [6.45, 7) is 0. The van der Waals surface area contributed by atoms with Gasteiger partial charge in [0.1, 0.15) is 0 Å². The largest absolute Gasteiger partial charge is 0.320 e. The molecule has 0 spiro atoms. The van der Waals surface area contributed by atoms with Crippen molar-refractivity contribution in [2.75, 3.05) is 0 Å². The molecule has 3 rings (SSSR count). The number of rotatable bonds is 4. The predicted octanol–water partition coefficient (Wildman–Crippen LogP) is 3.05. The Balaban J connectivity index is 1.90. The smallest absolute Gasteiger partial charge is 0.238 e. The maximum atomic E-state index is 11.5. The van der Waals surface area contributed by atoms with Crippen molar-refractivity contribution in [2.45, 2.75) is 10.9 Å². The molecule has 0 saturated heterocycles. The molecule has 0 unspecified atom stereocenters. The highest BCUT2D eigenvalue weighted by molar-refractivity contribution is 7.89. The van der Waals surface area contributed by atoms with Gasteiger partial charge in [-0.1, -0.05) is 66.7 Å². The Bertz CT molecular complexity index is 937. The Labute approximate surface area is 141 Å². The average Bonchev–Trinajstić information content (AvgIpc) is 2.61. The molecular formula is C19H18N2O2S. The van der Waals surface area contributed by atoms with Gasteiger partial charge in [-0.15, -0.1) is 0 Å². The molecule has 1 atom stereocenters. The van der Waals surface area contributed by atoms with Crippen LogP contribution < -0.4 is 10.9 Å². The Morgan fingerprint density at radius 2 is 1.33 bits per heavy atom. The van der Waals surface area contributed by atoms with Crippen LogP contribution in [-0.2, 0) is 10.0 Å². The van der Waals surface area contributed by atoms with E-state index >= 15 is 0 Å². The number of benzene rings is 3. The van der Waals surface area contributed by atoms with Crippen molar-refractivity contribution in [3.63, 3.8) is 0 Å². The topological polar surface area (TPSA) is 86.2 Å². The zero-order valence-corrected chi connectivity index (χ0v) is 13.8. The first-order valence-corrected chi connectivity index (χ1v) is 9.03. The molecule has 3 aromatic rings. The van der Waals surface area contributed by atoms with E-state index in [1.807, 2.05) is 60.7 Å². The summed E-state index contributed by atoms with van der Waals surface area (Å²) in [6.07, 6.45) is 0. The van der Waals surface area contributed by atoms with Crippen LogP contribution in [0.1, 0.15) is 17.2 Å². The van der Waals surface area contributed by atoms with Crippen LogP contribution in [-0.4, -0.2) is 8.42 Å². The zero-order chi connectivity index (χ0) is 17.2. The van der Waals surface area contributed by atoms with E-state index in [1.165, 1.54) is 6.07 Å². The fraction of sp³-hybridized carbons (Fsp3) is 0.0526. The minimum Gasteiger partial charge on any atom is -0.320 e. The summed E-state index contributed by atoms with van der Waals surface area (Å²) in [4.78, 5) is 0.102. The Kier molecular flexibility index (Phi) is 4.49. The number of hydrogen-bond donors (Lipinski definition) is 2. The molecule has 0 fully saturated rings. The number of hydrogen-bond acceptors (Lipinski definition) is 3. The van der Waals surface area contributed by atoms with Crippen LogP contribution in [0.5, 0.6) is 0 Å². The molecule has 0 radical (unpaired) electrons. The van der Waals surface area contributed by atoms with E-state index in [1.54, 1.807) is 12.1 Å². The van der Waals surface area contributed by atoms with Gasteiger partial charge in [0.05, 0.1) is 10.9 Å². The Hall–Kier alpha value is -2.47. The highest BCUT2D eigenvalue weighted by atomic mass is 32.2. The van der Waals surface area contributed by atoms with Crippen molar-refractivity contribution in [3.05, 3.63) is 90.0 Å². The van der Waals surface area contributed by atoms with Gasteiger partial charge in [-0.25, -0.2) is 13.6 Å². The predicted molar refractivity (Wildman–Crippen MR) is 95.7 cm³/mol. The molecule has 0 amide bonds.